The highest BCUT2D eigenvalue weighted by Crippen LogP contribution is 2.36. The van der Waals surface area contributed by atoms with Crippen LogP contribution in [0.5, 0.6) is 0 Å². The maximum absolute atomic E-state index is 13.6. The molecule has 1 aromatic carbocycles. The van der Waals surface area contributed by atoms with E-state index < -0.39 is 12.2 Å². The Kier molecular flexibility index (Phi) is 6.21. The molecule has 0 amide bonds. The van der Waals surface area contributed by atoms with Crippen LogP contribution in [0.4, 0.5) is 23.4 Å². The average Bonchev–Trinajstić information content (AvgIpc) is 3.15. The van der Waals surface area contributed by atoms with Gasteiger partial charge >= 0.3 is 6.18 Å². The number of halogens is 5. The minimum atomic E-state index is -4.36. The Hall–Kier alpha value is -2.72. The second-order valence-corrected chi connectivity index (χ2v) is 9.64. The molecule has 1 unspecified atom stereocenters. The molecule has 0 N–H and O–H groups in total. The van der Waals surface area contributed by atoms with E-state index in [9.17, 15) is 17.6 Å². The first-order valence-electron chi connectivity index (χ1n) is 11.5. The van der Waals surface area contributed by atoms with Gasteiger partial charge in [0, 0.05) is 30.6 Å². The van der Waals surface area contributed by atoms with Crippen LogP contribution >= 0.6 is 11.6 Å². The van der Waals surface area contributed by atoms with Crippen LogP contribution in [0, 0.1) is 12.7 Å². The first-order chi connectivity index (χ1) is 16.6. The normalized spacial score (nSPS) is 18.2. The van der Waals surface area contributed by atoms with Crippen molar-refractivity contribution in [2.45, 2.75) is 57.9 Å². The first kappa shape index (κ1) is 24.0. The van der Waals surface area contributed by atoms with Crippen LogP contribution in [-0.2, 0) is 13.1 Å². The van der Waals surface area contributed by atoms with Gasteiger partial charge in [-0.15, -0.1) is 10.2 Å². The minimum absolute atomic E-state index is 0.0254. The van der Waals surface area contributed by atoms with E-state index in [4.69, 9.17) is 11.6 Å². The molecule has 186 valence electrons. The Morgan fingerprint density at radius 3 is 2.49 bits per heavy atom. The summed E-state index contributed by atoms with van der Waals surface area (Å²) in [7, 11) is 0. The number of alkyl halides is 3. The highest BCUT2D eigenvalue weighted by atomic mass is 35.5. The Morgan fingerprint density at radius 2 is 1.80 bits per heavy atom. The molecule has 35 heavy (non-hydrogen) atoms. The summed E-state index contributed by atoms with van der Waals surface area (Å²) < 4.78 is 56.3. The molecular formula is C24H25ClF4N6. The summed E-state index contributed by atoms with van der Waals surface area (Å²) in [5, 5.41) is 9.25. The van der Waals surface area contributed by atoms with Crippen LogP contribution in [0.3, 0.4) is 0 Å². The molecule has 1 fully saturated rings. The van der Waals surface area contributed by atoms with Crippen molar-refractivity contribution < 1.29 is 17.6 Å². The fourth-order valence-electron chi connectivity index (χ4n) is 4.87. The van der Waals surface area contributed by atoms with Crippen molar-refractivity contribution in [1.82, 2.24) is 24.6 Å². The molecule has 2 aliphatic rings. The second-order valence-electron chi connectivity index (χ2n) is 9.20. The zero-order chi connectivity index (χ0) is 24.9. The molecule has 0 bridgehead atoms. The van der Waals surface area contributed by atoms with E-state index in [0.717, 1.165) is 37.1 Å². The molecule has 4 heterocycles. The lowest BCUT2D eigenvalue weighted by atomic mass is 9.95. The highest BCUT2D eigenvalue weighted by Gasteiger charge is 2.42. The van der Waals surface area contributed by atoms with Crippen molar-refractivity contribution in [1.29, 1.82) is 0 Å². The lowest BCUT2D eigenvalue weighted by Crippen LogP contribution is -2.42. The third-order valence-corrected chi connectivity index (χ3v) is 7.20. The zero-order valence-corrected chi connectivity index (χ0v) is 20.1. The van der Waals surface area contributed by atoms with Gasteiger partial charge < -0.3 is 4.90 Å². The summed E-state index contributed by atoms with van der Waals surface area (Å²) in [4.78, 5) is 7.83. The second kappa shape index (κ2) is 9.05. The number of benzene rings is 1. The SMILES string of the molecule is Cc1nc(N2CCC(c3nnc4n3-c3ccc(Cl)cc3CN(C(C)C(F)(F)F)C4)CC2)ccc1F. The molecule has 6 nitrogen and oxygen atoms in total. The largest absolute Gasteiger partial charge is 0.403 e. The van der Waals surface area contributed by atoms with Crippen LogP contribution in [0.2, 0.25) is 5.02 Å². The Labute approximate surface area is 205 Å². The molecule has 0 spiro atoms. The van der Waals surface area contributed by atoms with Gasteiger partial charge in [0.15, 0.2) is 5.82 Å². The molecule has 0 saturated carbocycles. The molecule has 3 aromatic rings. The molecule has 1 atom stereocenters. The van der Waals surface area contributed by atoms with E-state index in [1.165, 1.54) is 11.0 Å². The monoisotopic (exact) mass is 508 g/mol. The first-order valence-corrected chi connectivity index (χ1v) is 11.9. The molecule has 0 aliphatic carbocycles. The smallest absolute Gasteiger partial charge is 0.357 e. The molecule has 2 aliphatic heterocycles. The van der Waals surface area contributed by atoms with Crippen LogP contribution in [0.15, 0.2) is 30.3 Å². The lowest BCUT2D eigenvalue weighted by Gasteiger charge is -2.32. The summed E-state index contributed by atoms with van der Waals surface area (Å²) in [6.45, 7) is 4.35. The fraction of sp³-hybridized carbons (Fsp3) is 0.458. The minimum Gasteiger partial charge on any atom is -0.357 e. The summed E-state index contributed by atoms with van der Waals surface area (Å²) in [5.41, 5.74) is 1.83. The number of hydrogen-bond donors (Lipinski definition) is 0. The maximum atomic E-state index is 13.6. The number of pyridine rings is 1. The number of rotatable bonds is 3. The van der Waals surface area contributed by atoms with Gasteiger partial charge in [0.1, 0.15) is 23.5 Å². The predicted octanol–water partition coefficient (Wildman–Crippen LogP) is 5.41. The van der Waals surface area contributed by atoms with E-state index >= 15 is 0 Å². The Balaban J connectivity index is 1.44. The Morgan fingerprint density at radius 1 is 1.06 bits per heavy atom. The molecule has 11 heteroatoms. The van der Waals surface area contributed by atoms with Crippen molar-refractivity contribution in [2.75, 3.05) is 18.0 Å². The van der Waals surface area contributed by atoms with Crippen LogP contribution < -0.4 is 4.90 Å². The fourth-order valence-corrected chi connectivity index (χ4v) is 5.06. The van der Waals surface area contributed by atoms with Gasteiger partial charge in [0.05, 0.1) is 17.9 Å². The van der Waals surface area contributed by atoms with Crippen molar-refractivity contribution in [3.8, 4) is 5.69 Å². The van der Waals surface area contributed by atoms with Crippen LogP contribution in [0.1, 0.15) is 48.6 Å². The van der Waals surface area contributed by atoms with Gasteiger partial charge in [-0.3, -0.25) is 9.47 Å². The molecular weight excluding hydrogens is 484 g/mol. The molecule has 1 saturated heterocycles. The van der Waals surface area contributed by atoms with Crippen LogP contribution in [0.25, 0.3) is 5.69 Å². The van der Waals surface area contributed by atoms with E-state index in [1.54, 1.807) is 25.1 Å². The molecule has 2 aromatic heterocycles. The van der Waals surface area contributed by atoms with E-state index in [-0.39, 0.29) is 24.8 Å². The van der Waals surface area contributed by atoms with E-state index in [2.05, 4.69) is 20.1 Å². The van der Waals surface area contributed by atoms with Crippen LogP contribution in [-0.4, -0.2) is 50.0 Å². The number of hydrogen-bond acceptors (Lipinski definition) is 5. The van der Waals surface area contributed by atoms with Gasteiger partial charge in [0.2, 0.25) is 0 Å². The van der Waals surface area contributed by atoms with Crippen molar-refractivity contribution in [3.05, 3.63) is 64.1 Å². The number of nitrogens with zero attached hydrogens (tertiary/aromatic N) is 6. The van der Waals surface area contributed by atoms with E-state index in [0.29, 0.717) is 35.2 Å². The zero-order valence-electron chi connectivity index (χ0n) is 19.4. The Bertz CT molecular complexity index is 1240. The molecule has 0 radical (unpaired) electrons. The summed E-state index contributed by atoms with van der Waals surface area (Å²) in [6, 6.07) is 6.76. The number of fused-ring (bicyclic) bond motifs is 3. The summed E-state index contributed by atoms with van der Waals surface area (Å²) in [6.07, 6.45) is -2.83. The maximum Gasteiger partial charge on any atom is 0.403 e. The van der Waals surface area contributed by atoms with E-state index in [1.807, 2.05) is 10.6 Å². The van der Waals surface area contributed by atoms with Gasteiger partial charge in [-0.25, -0.2) is 9.37 Å². The van der Waals surface area contributed by atoms with Crippen molar-refractivity contribution >= 4 is 17.4 Å². The standard InChI is InChI=1S/C24H25ClF4N6/c1-14-19(26)4-6-21(30-14)33-9-7-16(8-10-33)23-32-31-22-13-34(15(2)24(27,28)29)12-17-11-18(25)3-5-20(17)35(22)23/h3-6,11,15-16H,7-10,12-13H2,1-2H3. The van der Waals surface area contributed by atoms with Crippen molar-refractivity contribution in [3.63, 3.8) is 0 Å². The van der Waals surface area contributed by atoms with Gasteiger partial charge in [0.25, 0.3) is 0 Å². The number of aromatic nitrogens is 4. The van der Waals surface area contributed by atoms with Crippen molar-refractivity contribution in [2.24, 2.45) is 0 Å². The van der Waals surface area contributed by atoms with Gasteiger partial charge in [-0.1, -0.05) is 11.6 Å². The molecule has 5 rings (SSSR count). The summed E-state index contributed by atoms with van der Waals surface area (Å²) in [5.74, 6) is 1.70. The number of aryl methyl sites for hydroxylation is 1. The number of anilines is 1. The third-order valence-electron chi connectivity index (χ3n) is 6.97. The highest BCUT2D eigenvalue weighted by molar-refractivity contribution is 6.30. The predicted molar refractivity (Wildman–Crippen MR) is 124 cm³/mol. The lowest BCUT2D eigenvalue weighted by molar-refractivity contribution is -0.182. The summed E-state index contributed by atoms with van der Waals surface area (Å²) >= 11 is 6.22. The topological polar surface area (TPSA) is 50.1 Å². The number of piperidine rings is 1. The van der Waals surface area contributed by atoms with Gasteiger partial charge in [-0.2, -0.15) is 13.2 Å². The van der Waals surface area contributed by atoms with Gasteiger partial charge in [-0.05, 0) is 62.6 Å². The average molecular weight is 509 g/mol. The quantitative estimate of drug-likeness (QED) is 0.443. The third kappa shape index (κ3) is 4.61.